The summed E-state index contributed by atoms with van der Waals surface area (Å²) in [5, 5.41) is 12.5. The van der Waals surface area contributed by atoms with Crippen molar-refractivity contribution < 1.29 is 19.1 Å². The summed E-state index contributed by atoms with van der Waals surface area (Å²) in [6, 6.07) is 23.2. The van der Waals surface area contributed by atoms with Crippen molar-refractivity contribution in [1.82, 2.24) is 14.0 Å². The normalized spacial score (nSPS) is 16.5. The van der Waals surface area contributed by atoms with Crippen molar-refractivity contribution in [3.05, 3.63) is 117 Å². The SMILES string of the molecule is CSCCN1C(=S)N(c2ccccc2)C(=O)/C1=c1\n(-c2ccccc2)c(=O)/c(=C\C=C2\Sc3ccc(F)cc3N2CCCCC(=O)[O-])n1CCSC. The average Bonchev–Trinajstić information content (AvgIpc) is 3.71. The van der Waals surface area contributed by atoms with Gasteiger partial charge in [0.15, 0.2) is 16.3 Å². The van der Waals surface area contributed by atoms with Crippen LogP contribution in [0.25, 0.3) is 17.5 Å². The average molecular weight is 775 g/mol. The number of carbonyl (C=O) groups excluding carboxylic acids is 2. The maximum atomic E-state index is 14.8. The number of para-hydroxylation sites is 2. The number of rotatable bonds is 14. The zero-order chi connectivity index (χ0) is 36.8. The number of benzene rings is 3. The summed E-state index contributed by atoms with van der Waals surface area (Å²) in [5.74, 6) is -0.445. The van der Waals surface area contributed by atoms with Crippen LogP contribution in [0.4, 0.5) is 15.8 Å². The summed E-state index contributed by atoms with van der Waals surface area (Å²) in [5.41, 5.74) is 2.39. The molecule has 52 heavy (non-hydrogen) atoms. The number of unbranched alkanes of at least 4 members (excludes halogenated alkanes) is 1. The molecule has 9 nitrogen and oxygen atoms in total. The largest absolute Gasteiger partial charge is 0.550 e. The third-order valence-corrected chi connectivity index (χ3v) is 11.4. The van der Waals surface area contributed by atoms with Crippen LogP contribution < -0.4 is 31.3 Å². The number of halogens is 1. The molecule has 0 atom stereocenters. The summed E-state index contributed by atoms with van der Waals surface area (Å²) < 4.78 is 18.0. The van der Waals surface area contributed by atoms with Crippen LogP contribution >= 0.6 is 47.5 Å². The van der Waals surface area contributed by atoms with E-state index in [4.69, 9.17) is 12.2 Å². The van der Waals surface area contributed by atoms with E-state index in [1.165, 1.54) is 28.8 Å². The van der Waals surface area contributed by atoms with Gasteiger partial charge in [0.2, 0.25) is 0 Å². The van der Waals surface area contributed by atoms with E-state index in [0.29, 0.717) is 82.7 Å². The van der Waals surface area contributed by atoms with E-state index in [1.54, 1.807) is 40.2 Å². The number of hydrogen-bond donors (Lipinski definition) is 0. The molecule has 270 valence electrons. The van der Waals surface area contributed by atoms with Crippen molar-refractivity contribution in [1.29, 1.82) is 0 Å². The molecule has 2 aliphatic rings. The Labute approximate surface area is 319 Å². The minimum atomic E-state index is -1.11. The fourth-order valence-corrected chi connectivity index (χ4v) is 8.41. The monoisotopic (exact) mass is 774 g/mol. The third kappa shape index (κ3) is 7.75. The van der Waals surface area contributed by atoms with E-state index in [2.05, 4.69) is 0 Å². The number of hydrogen-bond acceptors (Lipinski definition) is 9. The van der Waals surface area contributed by atoms with Gasteiger partial charge in [-0.2, -0.15) is 23.5 Å². The first-order valence-electron chi connectivity index (χ1n) is 16.7. The lowest BCUT2D eigenvalue weighted by atomic mass is 10.2. The minimum Gasteiger partial charge on any atom is -0.550 e. The highest BCUT2D eigenvalue weighted by atomic mass is 32.2. The fourth-order valence-electron chi connectivity index (χ4n) is 6.24. The standard InChI is InChI=1S/C38H38FN5O4S4/c1-50-23-21-41-29(17-19-32-40(20-10-9-15-33(45)46)30-25-26(39)16-18-31(30)52-32)36(47)43(27-11-5-3-6-12-27)35(41)34-37(48)44(28-13-7-4-8-14-28)38(49)42(34)22-24-51-2/h3-8,11-14,16-19,25H,9-10,15,20-24H2,1-2H3,(H,45,46)/p-1/b29-17+,32-19+,35-34+. The number of carbonyl (C=O) groups is 2. The van der Waals surface area contributed by atoms with Crippen LogP contribution in [-0.4, -0.2) is 68.1 Å². The molecule has 0 spiro atoms. The van der Waals surface area contributed by atoms with Crippen molar-refractivity contribution in [3.8, 4) is 5.69 Å². The lowest BCUT2D eigenvalue weighted by Crippen LogP contribution is -2.38. The van der Waals surface area contributed by atoms with Crippen molar-refractivity contribution in [2.75, 3.05) is 46.9 Å². The topological polar surface area (TPSA) is 93.8 Å². The Kier molecular flexibility index (Phi) is 12.3. The Morgan fingerprint density at radius 3 is 2.21 bits per heavy atom. The van der Waals surface area contributed by atoms with E-state index in [-0.39, 0.29) is 23.7 Å². The first-order valence-corrected chi connectivity index (χ1v) is 20.7. The van der Waals surface area contributed by atoms with Gasteiger partial charge in [0.05, 0.1) is 22.1 Å². The summed E-state index contributed by atoms with van der Waals surface area (Å²) in [7, 11) is 0. The molecule has 0 saturated carbocycles. The zero-order valence-electron chi connectivity index (χ0n) is 28.7. The van der Waals surface area contributed by atoms with Gasteiger partial charge in [-0.1, -0.05) is 48.2 Å². The van der Waals surface area contributed by atoms with Gasteiger partial charge in [-0.3, -0.25) is 19.1 Å². The highest BCUT2D eigenvalue weighted by molar-refractivity contribution is 8.03. The van der Waals surface area contributed by atoms with Crippen molar-refractivity contribution in [2.24, 2.45) is 0 Å². The number of fused-ring (bicyclic) bond motifs is 1. The number of thiocarbonyl (C=S) groups is 1. The highest BCUT2D eigenvalue weighted by Crippen LogP contribution is 2.46. The highest BCUT2D eigenvalue weighted by Gasteiger charge is 2.41. The number of carboxylic acid groups (broad SMARTS) is 1. The summed E-state index contributed by atoms with van der Waals surface area (Å²) in [6.45, 7) is 1.34. The van der Waals surface area contributed by atoms with Gasteiger partial charge >= 0.3 is 0 Å². The van der Waals surface area contributed by atoms with Crippen LogP contribution in [-0.2, 0) is 16.1 Å². The molecule has 0 aliphatic carbocycles. The number of imidazole rings is 1. The second-order valence-electron chi connectivity index (χ2n) is 11.9. The maximum Gasteiger partial charge on any atom is 0.285 e. The molecule has 0 N–H and O–H groups in total. The van der Waals surface area contributed by atoms with E-state index in [1.807, 2.05) is 93.6 Å². The molecule has 3 heterocycles. The Hall–Kier alpha value is -4.24. The molecule has 1 fully saturated rings. The molecule has 0 unspecified atom stereocenters. The number of amides is 1. The van der Waals surface area contributed by atoms with Gasteiger partial charge in [0, 0.05) is 42.0 Å². The number of aliphatic carboxylic acids is 1. The van der Waals surface area contributed by atoms with Crippen LogP contribution in [0.2, 0.25) is 0 Å². The van der Waals surface area contributed by atoms with Crippen LogP contribution in [0.1, 0.15) is 19.3 Å². The molecule has 2 aliphatic heterocycles. The van der Waals surface area contributed by atoms with Crippen LogP contribution in [0.5, 0.6) is 0 Å². The van der Waals surface area contributed by atoms with Crippen LogP contribution in [0.3, 0.4) is 0 Å². The lowest BCUT2D eigenvalue weighted by Gasteiger charge is -2.20. The van der Waals surface area contributed by atoms with Gasteiger partial charge in [-0.15, -0.1) is 0 Å². The smallest absolute Gasteiger partial charge is 0.285 e. The predicted molar refractivity (Wildman–Crippen MR) is 214 cm³/mol. The van der Waals surface area contributed by atoms with Gasteiger partial charge in [0.25, 0.3) is 11.5 Å². The van der Waals surface area contributed by atoms with Crippen molar-refractivity contribution in [2.45, 2.75) is 30.7 Å². The molecule has 0 radical (unpaired) electrons. The summed E-state index contributed by atoms with van der Waals surface area (Å²) in [4.78, 5) is 46.7. The molecule has 1 aromatic heterocycles. The van der Waals surface area contributed by atoms with E-state index >= 15 is 0 Å². The number of thioether (sulfide) groups is 3. The van der Waals surface area contributed by atoms with Crippen LogP contribution in [0, 0.1) is 5.82 Å². The summed E-state index contributed by atoms with van der Waals surface area (Å²) in [6.07, 6.45) is 8.49. The second kappa shape index (κ2) is 17.1. The third-order valence-electron chi connectivity index (χ3n) is 8.65. The number of carboxylic acids is 1. The first kappa shape index (κ1) is 37.5. The maximum absolute atomic E-state index is 14.8. The zero-order valence-corrected chi connectivity index (χ0v) is 32.0. The summed E-state index contributed by atoms with van der Waals surface area (Å²) >= 11 is 10.7. The molecule has 1 saturated heterocycles. The number of allylic oxidation sites excluding steroid dienone is 1. The number of aromatic nitrogens is 2. The Morgan fingerprint density at radius 1 is 0.865 bits per heavy atom. The van der Waals surface area contributed by atoms with Gasteiger partial charge in [-0.05, 0) is 98.6 Å². The van der Waals surface area contributed by atoms with Gasteiger partial charge < -0.3 is 24.3 Å². The van der Waals surface area contributed by atoms with Gasteiger partial charge in [0.1, 0.15) is 11.2 Å². The Morgan fingerprint density at radius 2 is 1.54 bits per heavy atom. The van der Waals surface area contributed by atoms with Crippen LogP contribution in [0.15, 0.2) is 99.7 Å². The Bertz CT molecular complexity index is 2190. The van der Waals surface area contributed by atoms with E-state index in [9.17, 15) is 23.9 Å². The molecular formula is C38H37FN5O4S4-. The number of nitrogens with zero attached hydrogens (tertiary/aromatic N) is 5. The van der Waals surface area contributed by atoms with Crippen molar-refractivity contribution >= 4 is 87.6 Å². The second-order valence-corrected chi connectivity index (χ2v) is 15.3. The van der Waals surface area contributed by atoms with E-state index < -0.39 is 5.97 Å². The molecule has 4 aromatic rings. The first-order chi connectivity index (χ1) is 25.2. The molecule has 0 bridgehead atoms. The van der Waals surface area contributed by atoms with Gasteiger partial charge in [-0.25, -0.2) is 4.39 Å². The molecule has 14 heteroatoms. The quantitative estimate of drug-likeness (QED) is 0.136. The lowest BCUT2D eigenvalue weighted by molar-refractivity contribution is -0.305. The predicted octanol–water partition coefficient (Wildman–Crippen LogP) is 4.40. The molecule has 6 rings (SSSR count). The molecule has 3 aromatic carbocycles. The molecule has 1 amide bonds. The Balaban J connectivity index is 1.60. The fraction of sp³-hybridized carbons (Fsp3) is 0.263. The number of anilines is 2. The molecular weight excluding hydrogens is 738 g/mol. The van der Waals surface area contributed by atoms with E-state index in [0.717, 1.165) is 9.92 Å². The van der Waals surface area contributed by atoms with Crippen molar-refractivity contribution in [3.63, 3.8) is 0 Å². The minimum absolute atomic E-state index is 0.0659.